The molecule has 0 saturated heterocycles. The number of carboxylic acid groups (broad SMARTS) is 1. The van der Waals surface area contributed by atoms with E-state index in [2.05, 4.69) is 0 Å². The van der Waals surface area contributed by atoms with E-state index in [-0.39, 0.29) is 10.8 Å². The summed E-state index contributed by atoms with van der Waals surface area (Å²) in [6, 6.07) is 10.0. The molecule has 0 unspecified atom stereocenters. The van der Waals surface area contributed by atoms with Crippen LogP contribution >= 0.6 is 11.3 Å². The van der Waals surface area contributed by atoms with Crippen molar-refractivity contribution in [2.75, 3.05) is 19.1 Å². The summed E-state index contributed by atoms with van der Waals surface area (Å²) < 4.78 is 5.06. The van der Waals surface area contributed by atoms with Crippen LogP contribution in [0.1, 0.15) is 19.3 Å². The molecule has 104 valence electrons. The fourth-order valence-electron chi connectivity index (χ4n) is 1.66. The lowest BCUT2D eigenvalue weighted by Crippen LogP contribution is -2.25. The van der Waals surface area contributed by atoms with Crippen LogP contribution in [0.5, 0.6) is 5.75 Å². The molecule has 0 aliphatic rings. The van der Waals surface area contributed by atoms with Crippen LogP contribution in [0.2, 0.25) is 0 Å². The molecule has 0 aliphatic heterocycles. The zero-order valence-electron chi connectivity index (χ0n) is 11.0. The van der Waals surface area contributed by atoms with E-state index in [1.807, 2.05) is 0 Å². The van der Waals surface area contributed by atoms with Crippen molar-refractivity contribution in [1.82, 2.24) is 0 Å². The van der Waals surface area contributed by atoms with Gasteiger partial charge in [-0.15, -0.1) is 11.3 Å². The van der Waals surface area contributed by atoms with Crippen LogP contribution in [0.4, 0.5) is 5.69 Å². The Labute approximate surface area is 120 Å². The maximum absolute atomic E-state index is 12.2. The number of carboxylic acids is 1. The van der Waals surface area contributed by atoms with Gasteiger partial charge in [0.05, 0.1) is 12.0 Å². The summed E-state index contributed by atoms with van der Waals surface area (Å²) in [6.07, 6.45) is 0. The molecule has 1 amide bonds. The molecule has 0 atom stereocenters. The first-order chi connectivity index (χ1) is 9.52. The van der Waals surface area contributed by atoms with Gasteiger partial charge in [0, 0.05) is 12.7 Å². The number of hydrogen-bond donors (Lipinski definition) is 1. The van der Waals surface area contributed by atoms with Crippen LogP contribution in [0, 0.1) is 0 Å². The molecular weight excluding hydrogens is 278 g/mol. The Morgan fingerprint density at radius 2 is 1.70 bits per heavy atom. The molecular formula is C14H13NO4S. The van der Waals surface area contributed by atoms with Crippen LogP contribution in [0.15, 0.2) is 36.4 Å². The Hall–Kier alpha value is -2.34. The van der Waals surface area contributed by atoms with Crippen molar-refractivity contribution in [2.24, 2.45) is 0 Å². The minimum absolute atomic E-state index is 0.150. The second-order valence-corrected chi connectivity index (χ2v) is 5.12. The minimum Gasteiger partial charge on any atom is -0.497 e. The van der Waals surface area contributed by atoms with Gasteiger partial charge in [-0.25, -0.2) is 4.79 Å². The van der Waals surface area contributed by atoms with Gasteiger partial charge in [-0.1, -0.05) is 0 Å². The van der Waals surface area contributed by atoms with E-state index in [1.165, 1.54) is 17.0 Å². The third-order valence-electron chi connectivity index (χ3n) is 2.79. The maximum Gasteiger partial charge on any atom is 0.345 e. The number of carbonyl (C=O) groups excluding carboxylic acids is 1. The van der Waals surface area contributed by atoms with Gasteiger partial charge >= 0.3 is 5.97 Å². The number of aromatic carboxylic acids is 1. The summed E-state index contributed by atoms with van der Waals surface area (Å²) >= 11 is 0.964. The van der Waals surface area contributed by atoms with Gasteiger partial charge in [0.2, 0.25) is 0 Å². The van der Waals surface area contributed by atoms with E-state index < -0.39 is 5.97 Å². The molecule has 0 aliphatic carbocycles. The molecule has 1 N–H and O–H groups in total. The highest BCUT2D eigenvalue weighted by atomic mass is 32.1. The van der Waals surface area contributed by atoms with Crippen molar-refractivity contribution < 1.29 is 19.4 Å². The molecule has 1 heterocycles. The number of anilines is 1. The third-order valence-corrected chi connectivity index (χ3v) is 3.85. The molecule has 1 aromatic heterocycles. The zero-order valence-corrected chi connectivity index (χ0v) is 11.8. The first kappa shape index (κ1) is 14.1. The Morgan fingerprint density at radius 3 is 2.20 bits per heavy atom. The molecule has 0 fully saturated rings. The smallest absolute Gasteiger partial charge is 0.345 e. The van der Waals surface area contributed by atoms with Gasteiger partial charge in [-0.05, 0) is 36.4 Å². The summed E-state index contributed by atoms with van der Waals surface area (Å²) in [5.74, 6) is -0.562. The van der Waals surface area contributed by atoms with Crippen LogP contribution < -0.4 is 9.64 Å². The Morgan fingerprint density at radius 1 is 1.10 bits per heavy atom. The van der Waals surface area contributed by atoms with Crippen molar-refractivity contribution in [1.29, 1.82) is 0 Å². The summed E-state index contributed by atoms with van der Waals surface area (Å²) in [5, 5.41) is 8.86. The predicted molar refractivity (Wildman–Crippen MR) is 77.0 cm³/mol. The van der Waals surface area contributed by atoms with Crippen LogP contribution in [0.3, 0.4) is 0 Å². The molecule has 6 heteroatoms. The van der Waals surface area contributed by atoms with E-state index in [4.69, 9.17) is 9.84 Å². The van der Waals surface area contributed by atoms with Gasteiger partial charge in [0.15, 0.2) is 0 Å². The fourth-order valence-corrected chi connectivity index (χ4v) is 2.48. The molecule has 0 radical (unpaired) electrons. The molecule has 2 aromatic rings. The van der Waals surface area contributed by atoms with E-state index in [0.29, 0.717) is 16.3 Å². The highest BCUT2D eigenvalue weighted by Crippen LogP contribution is 2.23. The maximum atomic E-state index is 12.2. The molecule has 0 saturated carbocycles. The van der Waals surface area contributed by atoms with E-state index in [0.717, 1.165) is 11.3 Å². The van der Waals surface area contributed by atoms with Gasteiger partial charge in [0.1, 0.15) is 10.6 Å². The summed E-state index contributed by atoms with van der Waals surface area (Å²) in [7, 11) is 3.22. The van der Waals surface area contributed by atoms with Crippen molar-refractivity contribution in [3.05, 3.63) is 46.2 Å². The quantitative estimate of drug-likeness (QED) is 0.940. The van der Waals surface area contributed by atoms with Crippen LogP contribution in [-0.4, -0.2) is 31.1 Å². The van der Waals surface area contributed by atoms with Crippen molar-refractivity contribution >= 4 is 28.9 Å². The molecule has 20 heavy (non-hydrogen) atoms. The summed E-state index contributed by atoms with van der Waals surface area (Å²) in [6.45, 7) is 0. The van der Waals surface area contributed by atoms with Crippen molar-refractivity contribution in [3.8, 4) is 5.75 Å². The number of carbonyl (C=O) groups is 2. The largest absolute Gasteiger partial charge is 0.497 e. The van der Waals surface area contributed by atoms with E-state index in [1.54, 1.807) is 38.4 Å². The molecule has 2 rings (SSSR count). The highest BCUT2D eigenvalue weighted by Gasteiger charge is 2.17. The lowest BCUT2D eigenvalue weighted by molar-refractivity contribution is 0.0702. The average molecular weight is 291 g/mol. The first-order valence-corrected chi connectivity index (χ1v) is 6.60. The van der Waals surface area contributed by atoms with Crippen molar-refractivity contribution in [3.63, 3.8) is 0 Å². The summed E-state index contributed by atoms with van der Waals surface area (Å²) in [5.41, 5.74) is 0.709. The molecule has 0 bridgehead atoms. The number of nitrogens with zero attached hydrogens (tertiary/aromatic N) is 1. The molecule has 5 nitrogen and oxygen atoms in total. The second-order valence-electron chi connectivity index (χ2n) is 4.03. The minimum atomic E-state index is -1.03. The fraction of sp³-hybridized carbons (Fsp3) is 0.143. The van der Waals surface area contributed by atoms with Crippen LogP contribution in [0.25, 0.3) is 0 Å². The first-order valence-electron chi connectivity index (χ1n) is 5.78. The molecule has 1 aromatic carbocycles. The topological polar surface area (TPSA) is 66.8 Å². The number of hydrogen-bond acceptors (Lipinski definition) is 4. The number of benzene rings is 1. The molecule has 0 spiro atoms. The standard InChI is InChI=1S/C14H13NO4S/c1-15(9-3-5-10(19-2)6-4-9)13(16)11-7-8-12(20-11)14(17)18/h3-8H,1-2H3,(H,17,18). The second kappa shape index (κ2) is 5.75. The third kappa shape index (κ3) is 2.80. The van der Waals surface area contributed by atoms with Crippen molar-refractivity contribution in [2.45, 2.75) is 0 Å². The Kier molecular flexibility index (Phi) is 4.05. The lowest BCUT2D eigenvalue weighted by atomic mass is 10.2. The zero-order chi connectivity index (χ0) is 14.7. The number of amides is 1. The van der Waals surface area contributed by atoms with Gasteiger partial charge in [0.25, 0.3) is 5.91 Å². The number of ether oxygens (including phenoxy) is 1. The monoisotopic (exact) mass is 291 g/mol. The van der Waals surface area contributed by atoms with Gasteiger partial charge in [-0.2, -0.15) is 0 Å². The number of rotatable bonds is 4. The Bertz CT molecular complexity index is 633. The SMILES string of the molecule is COc1ccc(N(C)C(=O)c2ccc(C(=O)O)s2)cc1. The Balaban J connectivity index is 2.20. The summed E-state index contributed by atoms with van der Waals surface area (Å²) in [4.78, 5) is 25.1. The number of thiophene rings is 1. The number of methoxy groups -OCH3 is 1. The lowest BCUT2D eigenvalue weighted by Gasteiger charge is -2.16. The van der Waals surface area contributed by atoms with Crippen LogP contribution in [-0.2, 0) is 0 Å². The normalized spacial score (nSPS) is 10.1. The predicted octanol–water partition coefficient (Wildman–Crippen LogP) is 2.73. The highest BCUT2D eigenvalue weighted by molar-refractivity contribution is 7.16. The van der Waals surface area contributed by atoms with Gasteiger partial charge < -0.3 is 14.7 Å². The van der Waals surface area contributed by atoms with E-state index in [9.17, 15) is 9.59 Å². The van der Waals surface area contributed by atoms with E-state index >= 15 is 0 Å². The average Bonchev–Trinajstić information content (AvgIpc) is 2.96. The van der Waals surface area contributed by atoms with Gasteiger partial charge in [-0.3, -0.25) is 4.79 Å².